The SMILES string of the molecule is COCCOc1ccc(NC(=O)C2CCCN2)cc1. The number of carbonyl (C=O) groups is 1. The first kappa shape index (κ1) is 13.8. The van der Waals surface area contributed by atoms with Crippen molar-refractivity contribution in [1.82, 2.24) is 5.32 Å². The topological polar surface area (TPSA) is 59.6 Å². The Kier molecular flexibility index (Phi) is 5.18. The standard InChI is InChI=1S/C14H20N2O3/c1-18-9-10-19-12-6-4-11(5-7-12)16-14(17)13-3-2-8-15-13/h4-7,13,15H,2-3,8-10H2,1H3,(H,16,17). The summed E-state index contributed by atoms with van der Waals surface area (Å²) in [6.45, 7) is 2.00. The average Bonchev–Trinajstić information content (AvgIpc) is 2.95. The Morgan fingerprint density at radius 1 is 1.37 bits per heavy atom. The van der Waals surface area contributed by atoms with Gasteiger partial charge in [0.05, 0.1) is 12.6 Å². The molecule has 1 aliphatic rings. The van der Waals surface area contributed by atoms with Gasteiger partial charge < -0.3 is 20.1 Å². The molecule has 1 atom stereocenters. The molecule has 1 fully saturated rings. The molecular formula is C14H20N2O3. The zero-order chi connectivity index (χ0) is 13.5. The van der Waals surface area contributed by atoms with Crippen LogP contribution in [-0.4, -0.2) is 38.8 Å². The number of methoxy groups -OCH3 is 1. The van der Waals surface area contributed by atoms with Crippen molar-refractivity contribution in [2.24, 2.45) is 0 Å². The molecule has 0 bridgehead atoms. The summed E-state index contributed by atoms with van der Waals surface area (Å²) in [5, 5.41) is 6.07. The lowest BCUT2D eigenvalue weighted by atomic mass is 10.2. The van der Waals surface area contributed by atoms with E-state index in [2.05, 4.69) is 10.6 Å². The fraction of sp³-hybridized carbons (Fsp3) is 0.500. The highest BCUT2D eigenvalue weighted by molar-refractivity contribution is 5.95. The van der Waals surface area contributed by atoms with Gasteiger partial charge in [-0.25, -0.2) is 0 Å². The molecule has 1 heterocycles. The first-order chi connectivity index (χ1) is 9.29. The highest BCUT2D eigenvalue weighted by Crippen LogP contribution is 2.16. The molecule has 1 saturated heterocycles. The van der Waals surface area contributed by atoms with Crippen molar-refractivity contribution in [2.75, 3.05) is 32.2 Å². The second-order valence-electron chi connectivity index (χ2n) is 4.50. The van der Waals surface area contributed by atoms with Gasteiger partial charge in [-0.3, -0.25) is 4.79 Å². The van der Waals surface area contributed by atoms with Crippen molar-refractivity contribution >= 4 is 11.6 Å². The van der Waals surface area contributed by atoms with Crippen LogP contribution in [0.5, 0.6) is 5.75 Å². The molecule has 0 aromatic heterocycles. The predicted octanol–water partition coefficient (Wildman–Crippen LogP) is 1.40. The molecule has 0 aliphatic carbocycles. The largest absolute Gasteiger partial charge is 0.491 e. The van der Waals surface area contributed by atoms with Gasteiger partial charge in [0, 0.05) is 12.8 Å². The first-order valence-corrected chi connectivity index (χ1v) is 6.55. The van der Waals surface area contributed by atoms with Gasteiger partial charge in [0.15, 0.2) is 0 Å². The van der Waals surface area contributed by atoms with Gasteiger partial charge in [-0.1, -0.05) is 0 Å². The third-order valence-electron chi connectivity index (χ3n) is 3.05. The molecule has 1 aromatic carbocycles. The van der Waals surface area contributed by atoms with Crippen molar-refractivity contribution in [3.05, 3.63) is 24.3 Å². The molecule has 1 amide bonds. The van der Waals surface area contributed by atoms with Crippen LogP contribution in [0.15, 0.2) is 24.3 Å². The Bertz CT molecular complexity index is 400. The Labute approximate surface area is 113 Å². The normalized spacial score (nSPS) is 18.3. The van der Waals surface area contributed by atoms with E-state index in [-0.39, 0.29) is 11.9 Å². The lowest BCUT2D eigenvalue weighted by Gasteiger charge is -2.11. The van der Waals surface area contributed by atoms with Crippen LogP contribution in [0.4, 0.5) is 5.69 Å². The van der Waals surface area contributed by atoms with Crippen LogP contribution in [0, 0.1) is 0 Å². The number of benzene rings is 1. The molecule has 19 heavy (non-hydrogen) atoms. The lowest BCUT2D eigenvalue weighted by molar-refractivity contribution is -0.117. The summed E-state index contributed by atoms with van der Waals surface area (Å²) < 4.78 is 10.4. The minimum absolute atomic E-state index is 0.0329. The van der Waals surface area contributed by atoms with E-state index in [0.29, 0.717) is 13.2 Å². The van der Waals surface area contributed by atoms with E-state index >= 15 is 0 Å². The average molecular weight is 264 g/mol. The molecule has 2 rings (SSSR count). The maximum atomic E-state index is 11.9. The third kappa shape index (κ3) is 4.22. The predicted molar refractivity (Wildman–Crippen MR) is 73.5 cm³/mol. The van der Waals surface area contributed by atoms with Gasteiger partial charge in [-0.05, 0) is 43.7 Å². The van der Waals surface area contributed by atoms with E-state index in [0.717, 1.165) is 30.8 Å². The summed E-state index contributed by atoms with van der Waals surface area (Å²) in [6, 6.07) is 7.31. The van der Waals surface area contributed by atoms with Crippen molar-refractivity contribution in [2.45, 2.75) is 18.9 Å². The number of amides is 1. The fourth-order valence-electron chi connectivity index (χ4n) is 2.02. The Hall–Kier alpha value is -1.59. The van der Waals surface area contributed by atoms with Crippen molar-refractivity contribution in [3.8, 4) is 5.75 Å². The molecule has 0 saturated carbocycles. The van der Waals surface area contributed by atoms with Gasteiger partial charge >= 0.3 is 0 Å². The number of hydrogen-bond donors (Lipinski definition) is 2. The van der Waals surface area contributed by atoms with Crippen LogP contribution in [-0.2, 0) is 9.53 Å². The van der Waals surface area contributed by atoms with Gasteiger partial charge in [0.1, 0.15) is 12.4 Å². The number of hydrogen-bond acceptors (Lipinski definition) is 4. The van der Waals surface area contributed by atoms with Gasteiger partial charge in [0.25, 0.3) is 0 Å². The Balaban J connectivity index is 1.82. The van der Waals surface area contributed by atoms with Gasteiger partial charge in [-0.2, -0.15) is 0 Å². The Morgan fingerprint density at radius 3 is 2.79 bits per heavy atom. The molecule has 0 spiro atoms. The van der Waals surface area contributed by atoms with E-state index in [4.69, 9.17) is 9.47 Å². The zero-order valence-electron chi connectivity index (χ0n) is 11.1. The van der Waals surface area contributed by atoms with Crippen molar-refractivity contribution in [3.63, 3.8) is 0 Å². The second-order valence-corrected chi connectivity index (χ2v) is 4.50. The summed E-state index contributed by atoms with van der Waals surface area (Å²) in [4.78, 5) is 11.9. The molecule has 1 aliphatic heterocycles. The summed E-state index contributed by atoms with van der Waals surface area (Å²) in [7, 11) is 1.64. The number of ether oxygens (including phenoxy) is 2. The smallest absolute Gasteiger partial charge is 0.241 e. The van der Waals surface area contributed by atoms with Crippen LogP contribution >= 0.6 is 0 Å². The number of anilines is 1. The lowest BCUT2D eigenvalue weighted by Crippen LogP contribution is -2.35. The molecule has 5 heteroatoms. The number of carbonyl (C=O) groups excluding carboxylic acids is 1. The van der Waals surface area contributed by atoms with Crippen LogP contribution in [0.3, 0.4) is 0 Å². The minimum Gasteiger partial charge on any atom is -0.491 e. The highest BCUT2D eigenvalue weighted by Gasteiger charge is 2.21. The van der Waals surface area contributed by atoms with E-state index in [1.165, 1.54) is 0 Å². The van der Waals surface area contributed by atoms with Crippen LogP contribution < -0.4 is 15.4 Å². The molecule has 0 radical (unpaired) electrons. The maximum absolute atomic E-state index is 11.9. The number of rotatable bonds is 6. The van der Waals surface area contributed by atoms with Crippen LogP contribution in [0.2, 0.25) is 0 Å². The third-order valence-corrected chi connectivity index (χ3v) is 3.05. The van der Waals surface area contributed by atoms with Crippen molar-refractivity contribution < 1.29 is 14.3 Å². The quantitative estimate of drug-likeness (QED) is 0.763. The molecular weight excluding hydrogens is 244 g/mol. The molecule has 104 valence electrons. The first-order valence-electron chi connectivity index (χ1n) is 6.55. The van der Waals surface area contributed by atoms with Crippen LogP contribution in [0.25, 0.3) is 0 Å². The van der Waals surface area contributed by atoms with E-state index in [9.17, 15) is 4.79 Å². The summed E-state index contributed by atoms with van der Waals surface area (Å²) in [6.07, 6.45) is 1.97. The summed E-state index contributed by atoms with van der Waals surface area (Å²) in [5.41, 5.74) is 0.790. The van der Waals surface area contributed by atoms with E-state index in [1.54, 1.807) is 7.11 Å². The molecule has 5 nitrogen and oxygen atoms in total. The van der Waals surface area contributed by atoms with Crippen molar-refractivity contribution in [1.29, 1.82) is 0 Å². The molecule has 1 aromatic rings. The molecule has 2 N–H and O–H groups in total. The van der Waals surface area contributed by atoms with Gasteiger partial charge in [0.2, 0.25) is 5.91 Å². The van der Waals surface area contributed by atoms with E-state index in [1.807, 2.05) is 24.3 Å². The fourth-order valence-corrected chi connectivity index (χ4v) is 2.02. The summed E-state index contributed by atoms with van der Waals surface area (Å²) >= 11 is 0. The van der Waals surface area contributed by atoms with Gasteiger partial charge in [-0.15, -0.1) is 0 Å². The van der Waals surface area contributed by atoms with Crippen LogP contribution in [0.1, 0.15) is 12.8 Å². The monoisotopic (exact) mass is 264 g/mol. The number of nitrogens with one attached hydrogen (secondary N) is 2. The Morgan fingerprint density at radius 2 is 2.16 bits per heavy atom. The zero-order valence-corrected chi connectivity index (χ0v) is 11.1. The van der Waals surface area contributed by atoms with E-state index < -0.39 is 0 Å². The summed E-state index contributed by atoms with van der Waals surface area (Å²) in [5.74, 6) is 0.805. The second kappa shape index (κ2) is 7.11. The maximum Gasteiger partial charge on any atom is 0.241 e. The minimum atomic E-state index is -0.0578. The molecule has 1 unspecified atom stereocenters. The highest BCUT2D eigenvalue weighted by atomic mass is 16.5.